The lowest BCUT2D eigenvalue weighted by atomic mass is 9.95. The third-order valence-corrected chi connectivity index (χ3v) is 5.95. The fourth-order valence-electron chi connectivity index (χ4n) is 4.03. The molecule has 1 aromatic heterocycles. The Kier molecular flexibility index (Phi) is 7.33. The summed E-state index contributed by atoms with van der Waals surface area (Å²) in [5.41, 5.74) is 1.21. The van der Waals surface area contributed by atoms with E-state index in [1.165, 1.54) is 4.90 Å². The summed E-state index contributed by atoms with van der Waals surface area (Å²) in [7, 11) is 0. The smallest absolute Gasteiger partial charge is 0.295 e. The van der Waals surface area contributed by atoms with Crippen LogP contribution in [0.15, 0.2) is 72.8 Å². The molecule has 34 heavy (non-hydrogen) atoms. The van der Waals surface area contributed by atoms with Gasteiger partial charge in [-0.15, -0.1) is 0 Å². The Hall–Kier alpha value is -3.58. The number of aliphatic hydroxyl groups excluding tert-OH is 1. The molecule has 0 saturated carbocycles. The number of amides is 1. The highest BCUT2D eigenvalue weighted by Gasteiger charge is 2.45. The van der Waals surface area contributed by atoms with Crippen molar-refractivity contribution in [3.8, 4) is 5.75 Å². The zero-order valence-electron chi connectivity index (χ0n) is 18.9. The van der Waals surface area contributed by atoms with Gasteiger partial charge in [-0.3, -0.25) is 9.59 Å². The first-order valence-electron chi connectivity index (χ1n) is 11.2. The molecule has 0 aliphatic carbocycles. The quantitative estimate of drug-likeness (QED) is 0.270. The van der Waals surface area contributed by atoms with Crippen molar-refractivity contribution in [1.29, 1.82) is 0 Å². The Morgan fingerprint density at radius 2 is 1.82 bits per heavy atom. The molecule has 1 unspecified atom stereocenters. The van der Waals surface area contributed by atoms with Crippen LogP contribution in [0, 0.1) is 0 Å². The molecule has 7 nitrogen and oxygen atoms in total. The molecule has 1 aliphatic heterocycles. The summed E-state index contributed by atoms with van der Waals surface area (Å²) >= 11 is 5.98. The maximum atomic E-state index is 13.1. The number of benzene rings is 2. The summed E-state index contributed by atoms with van der Waals surface area (Å²) in [6, 6.07) is 13.1. The van der Waals surface area contributed by atoms with Gasteiger partial charge in [-0.1, -0.05) is 30.7 Å². The van der Waals surface area contributed by atoms with Crippen molar-refractivity contribution in [1.82, 2.24) is 14.5 Å². The van der Waals surface area contributed by atoms with E-state index in [2.05, 4.69) is 4.98 Å². The molecule has 1 amide bonds. The van der Waals surface area contributed by atoms with Gasteiger partial charge in [-0.05, 0) is 54.8 Å². The second kappa shape index (κ2) is 10.6. The summed E-state index contributed by atoms with van der Waals surface area (Å²) in [5.74, 6) is -0.840. The van der Waals surface area contributed by atoms with Crippen LogP contribution in [-0.2, 0) is 16.1 Å². The summed E-state index contributed by atoms with van der Waals surface area (Å²) in [4.78, 5) is 31.7. The number of ether oxygens (including phenoxy) is 1. The minimum atomic E-state index is -0.710. The molecule has 176 valence electrons. The maximum Gasteiger partial charge on any atom is 0.295 e. The fourth-order valence-corrected chi connectivity index (χ4v) is 4.16. The van der Waals surface area contributed by atoms with E-state index in [-0.39, 0.29) is 11.3 Å². The van der Waals surface area contributed by atoms with E-state index in [0.717, 1.165) is 12.0 Å². The Bertz CT molecular complexity index is 1170. The van der Waals surface area contributed by atoms with Crippen LogP contribution in [0.1, 0.15) is 36.9 Å². The second-order valence-corrected chi connectivity index (χ2v) is 8.51. The summed E-state index contributed by atoms with van der Waals surface area (Å²) < 4.78 is 7.59. The summed E-state index contributed by atoms with van der Waals surface area (Å²) in [6.07, 6.45) is 6.77. The van der Waals surface area contributed by atoms with Crippen LogP contribution < -0.4 is 4.74 Å². The number of hydrogen-bond donors (Lipinski definition) is 1. The average Bonchev–Trinajstić information content (AvgIpc) is 3.45. The zero-order chi connectivity index (χ0) is 24.1. The van der Waals surface area contributed by atoms with Crippen LogP contribution in [0.3, 0.4) is 0 Å². The number of aryl methyl sites for hydroxylation is 1. The van der Waals surface area contributed by atoms with Crippen molar-refractivity contribution in [3.05, 3.63) is 89.0 Å². The summed E-state index contributed by atoms with van der Waals surface area (Å²) in [5, 5.41) is 11.6. The third kappa shape index (κ3) is 4.99. The van der Waals surface area contributed by atoms with E-state index in [0.29, 0.717) is 42.5 Å². The molecule has 8 heteroatoms. The van der Waals surface area contributed by atoms with Gasteiger partial charge in [-0.2, -0.15) is 0 Å². The first-order valence-corrected chi connectivity index (χ1v) is 11.6. The molecule has 2 aromatic carbocycles. The molecule has 0 bridgehead atoms. The minimum absolute atomic E-state index is 0.0668. The highest BCUT2D eigenvalue weighted by molar-refractivity contribution is 6.46. The lowest BCUT2D eigenvalue weighted by Crippen LogP contribution is -2.31. The van der Waals surface area contributed by atoms with Gasteiger partial charge in [-0.25, -0.2) is 4.98 Å². The van der Waals surface area contributed by atoms with Crippen molar-refractivity contribution in [2.24, 2.45) is 0 Å². The first-order chi connectivity index (χ1) is 16.5. The molecule has 1 fully saturated rings. The Balaban J connectivity index is 1.69. The van der Waals surface area contributed by atoms with Gasteiger partial charge in [0.05, 0.1) is 24.5 Å². The van der Waals surface area contributed by atoms with Crippen LogP contribution in [0.25, 0.3) is 5.76 Å². The molecule has 4 rings (SSSR count). The average molecular weight is 480 g/mol. The highest BCUT2D eigenvalue weighted by atomic mass is 35.5. The van der Waals surface area contributed by atoms with Crippen molar-refractivity contribution in [2.75, 3.05) is 13.2 Å². The van der Waals surface area contributed by atoms with E-state index in [4.69, 9.17) is 16.3 Å². The monoisotopic (exact) mass is 479 g/mol. The molecule has 0 spiro atoms. The standard InChI is InChI=1S/C26H26ClN3O4/c1-2-16-34-21-10-6-18(7-11-21)23-22(24(31)19-4-8-20(27)9-5-19)25(32)26(33)30(23)14-3-13-29-15-12-28-17-29/h4-12,15,17,23,31H,2-3,13-14,16H2,1H3/b24-22-. The zero-order valence-corrected chi connectivity index (χ0v) is 19.6. The number of rotatable bonds is 9. The van der Waals surface area contributed by atoms with Crippen molar-refractivity contribution in [3.63, 3.8) is 0 Å². The molecule has 1 aliphatic rings. The van der Waals surface area contributed by atoms with Gasteiger partial charge in [0.15, 0.2) is 0 Å². The SMILES string of the molecule is CCCOc1ccc(C2/C(=C(/O)c3ccc(Cl)cc3)C(=O)C(=O)N2CCCn2ccnc2)cc1. The maximum absolute atomic E-state index is 13.1. The second-order valence-electron chi connectivity index (χ2n) is 8.07. The first kappa shape index (κ1) is 23.6. The minimum Gasteiger partial charge on any atom is -0.507 e. The topological polar surface area (TPSA) is 84.7 Å². The van der Waals surface area contributed by atoms with Crippen molar-refractivity contribution < 1.29 is 19.4 Å². The van der Waals surface area contributed by atoms with Gasteiger partial charge in [0.1, 0.15) is 11.5 Å². The van der Waals surface area contributed by atoms with Gasteiger partial charge in [0.25, 0.3) is 11.7 Å². The Morgan fingerprint density at radius 1 is 1.09 bits per heavy atom. The van der Waals surface area contributed by atoms with Crippen molar-refractivity contribution >= 4 is 29.1 Å². The van der Waals surface area contributed by atoms with Gasteiger partial charge in [0.2, 0.25) is 0 Å². The molecule has 1 saturated heterocycles. The van der Waals surface area contributed by atoms with Gasteiger partial charge < -0.3 is 19.3 Å². The van der Waals surface area contributed by atoms with E-state index in [1.54, 1.807) is 36.8 Å². The molecule has 2 heterocycles. The number of carbonyl (C=O) groups excluding carboxylic acids is 2. The number of aromatic nitrogens is 2. The summed E-state index contributed by atoms with van der Waals surface area (Å²) in [6.45, 7) is 3.63. The highest BCUT2D eigenvalue weighted by Crippen LogP contribution is 2.40. The third-order valence-electron chi connectivity index (χ3n) is 5.70. The van der Waals surface area contributed by atoms with Crippen LogP contribution >= 0.6 is 11.6 Å². The predicted octanol–water partition coefficient (Wildman–Crippen LogP) is 4.84. The number of likely N-dealkylation sites (tertiary alicyclic amines) is 1. The van der Waals surface area contributed by atoms with Crippen LogP contribution in [0.4, 0.5) is 0 Å². The number of halogens is 1. The van der Waals surface area contributed by atoms with Gasteiger partial charge in [0, 0.05) is 36.1 Å². The Morgan fingerprint density at radius 3 is 2.47 bits per heavy atom. The van der Waals surface area contributed by atoms with Crippen LogP contribution in [0.5, 0.6) is 5.75 Å². The largest absolute Gasteiger partial charge is 0.507 e. The number of carbonyl (C=O) groups is 2. The van der Waals surface area contributed by atoms with E-state index < -0.39 is 17.7 Å². The normalized spacial score (nSPS) is 17.4. The van der Waals surface area contributed by atoms with E-state index in [1.807, 2.05) is 42.0 Å². The fraction of sp³-hybridized carbons (Fsp3) is 0.269. The molecule has 0 radical (unpaired) electrons. The number of imidazole rings is 1. The number of Topliss-reactive ketones (excluding diaryl/α,β-unsaturated/α-hetero) is 1. The predicted molar refractivity (Wildman–Crippen MR) is 130 cm³/mol. The molecule has 1 atom stereocenters. The van der Waals surface area contributed by atoms with Crippen molar-refractivity contribution in [2.45, 2.75) is 32.4 Å². The van der Waals surface area contributed by atoms with E-state index in [9.17, 15) is 14.7 Å². The van der Waals surface area contributed by atoms with E-state index >= 15 is 0 Å². The number of nitrogens with zero attached hydrogens (tertiary/aromatic N) is 3. The number of hydrogen-bond acceptors (Lipinski definition) is 5. The molecular weight excluding hydrogens is 454 g/mol. The lowest BCUT2D eigenvalue weighted by molar-refractivity contribution is -0.139. The van der Waals surface area contributed by atoms with Gasteiger partial charge >= 0.3 is 0 Å². The van der Waals surface area contributed by atoms with Crippen LogP contribution in [-0.4, -0.2) is 44.4 Å². The molecular formula is C26H26ClN3O4. The lowest BCUT2D eigenvalue weighted by Gasteiger charge is -2.25. The number of ketones is 1. The van der Waals surface area contributed by atoms with Crippen LogP contribution in [0.2, 0.25) is 5.02 Å². The molecule has 1 N–H and O–H groups in total. The molecule has 3 aromatic rings. The number of aliphatic hydroxyl groups is 1. The Labute approximate surface area is 203 Å².